The van der Waals surface area contributed by atoms with Gasteiger partial charge in [-0.05, 0) is 85.8 Å². The molecule has 0 aliphatic carbocycles. The number of nitrogens with zero attached hydrogens (tertiary/aromatic N) is 4. The average Bonchev–Trinajstić information content (AvgIpc) is 3.08. The number of anilines is 3. The molecular formula is C37H42N6O3. The third kappa shape index (κ3) is 6.84. The Hall–Kier alpha value is -4.89. The molecule has 1 atom stereocenters. The Morgan fingerprint density at radius 1 is 0.957 bits per heavy atom. The number of carbonyl (C=O) groups is 2. The second-order valence-corrected chi connectivity index (χ2v) is 12.3. The van der Waals surface area contributed by atoms with Gasteiger partial charge < -0.3 is 30.1 Å². The molecule has 3 aliphatic rings. The molecule has 3 aromatic rings. The summed E-state index contributed by atoms with van der Waals surface area (Å²) in [5, 5.41) is 6.48. The lowest BCUT2D eigenvalue weighted by atomic mass is 9.99. The van der Waals surface area contributed by atoms with Crippen LogP contribution in [0.4, 0.5) is 17.1 Å². The zero-order valence-corrected chi connectivity index (χ0v) is 26.9. The van der Waals surface area contributed by atoms with Crippen LogP contribution in [0, 0.1) is 12.8 Å². The lowest BCUT2D eigenvalue weighted by molar-refractivity contribution is 0.0303. The van der Waals surface area contributed by atoms with Crippen molar-refractivity contribution in [3.8, 4) is 0 Å². The van der Waals surface area contributed by atoms with Crippen molar-refractivity contribution in [2.24, 2.45) is 10.9 Å². The summed E-state index contributed by atoms with van der Waals surface area (Å²) < 4.78 is 5.37. The van der Waals surface area contributed by atoms with Crippen LogP contribution in [0.25, 0.3) is 5.70 Å². The quantitative estimate of drug-likeness (QED) is 0.341. The molecule has 0 aromatic heterocycles. The zero-order chi connectivity index (χ0) is 32.2. The summed E-state index contributed by atoms with van der Waals surface area (Å²) in [5.74, 6) is 1.14. The molecule has 2 fully saturated rings. The highest BCUT2D eigenvalue weighted by molar-refractivity contribution is 6.11. The van der Waals surface area contributed by atoms with Gasteiger partial charge >= 0.3 is 0 Å². The van der Waals surface area contributed by atoms with Gasteiger partial charge in [-0.2, -0.15) is 0 Å². The fourth-order valence-corrected chi connectivity index (χ4v) is 6.14. The van der Waals surface area contributed by atoms with Crippen molar-refractivity contribution in [1.29, 1.82) is 0 Å². The Morgan fingerprint density at radius 2 is 1.67 bits per heavy atom. The molecule has 0 radical (unpaired) electrons. The van der Waals surface area contributed by atoms with Crippen LogP contribution < -0.4 is 15.5 Å². The number of piperidine rings is 1. The molecular weight excluding hydrogens is 576 g/mol. The van der Waals surface area contributed by atoms with Crippen LogP contribution in [0.15, 0.2) is 90.2 Å². The van der Waals surface area contributed by atoms with E-state index in [4.69, 9.17) is 9.73 Å². The van der Waals surface area contributed by atoms with Gasteiger partial charge in [0.05, 0.1) is 24.6 Å². The lowest BCUT2D eigenvalue weighted by Gasteiger charge is -2.32. The number of aliphatic imine (C=N–C) groups is 1. The second-order valence-electron chi connectivity index (χ2n) is 12.3. The number of rotatable bonds is 6. The Kier molecular flexibility index (Phi) is 9.21. The number of amidine groups is 1. The van der Waals surface area contributed by atoms with Crippen LogP contribution >= 0.6 is 0 Å². The molecule has 6 rings (SSSR count). The summed E-state index contributed by atoms with van der Waals surface area (Å²) in [7, 11) is 1.93. The Morgan fingerprint density at radius 3 is 2.39 bits per heavy atom. The van der Waals surface area contributed by atoms with E-state index in [1.54, 1.807) is 0 Å². The predicted octanol–water partition coefficient (Wildman–Crippen LogP) is 6.22. The van der Waals surface area contributed by atoms with Crippen molar-refractivity contribution in [1.82, 2.24) is 9.80 Å². The number of hydrogen-bond acceptors (Lipinski definition) is 7. The van der Waals surface area contributed by atoms with Crippen LogP contribution in [-0.2, 0) is 4.74 Å². The maximum atomic E-state index is 13.3. The van der Waals surface area contributed by atoms with E-state index in [1.807, 2.05) is 96.7 Å². The van der Waals surface area contributed by atoms with Gasteiger partial charge in [-0.1, -0.05) is 25.6 Å². The Bertz CT molecular complexity index is 1670. The molecule has 2 saturated heterocycles. The number of hydrogen-bond donors (Lipinski definition) is 2. The molecule has 3 heterocycles. The minimum absolute atomic E-state index is 0.00537. The van der Waals surface area contributed by atoms with Crippen molar-refractivity contribution in [2.45, 2.75) is 26.7 Å². The average molecular weight is 619 g/mol. The number of nitrogens with one attached hydrogen (secondary N) is 2. The molecule has 2 amide bonds. The van der Waals surface area contributed by atoms with Gasteiger partial charge in [-0.15, -0.1) is 0 Å². The number of amides is 2. The third-order valence-electron chi connectivity index (χ3n) is 8.95. The number of likely N-dealkylation sites (N-methyl/N-ethyl adjacent to an activating group) is 1. The van der Waals surface area contributed by atoms with E-state index in [0.717, 1.165) is 47.0 Å². The monoisotopic (exact) mass is 618 g/mol. The topological polar surface area (TPSA) is 89.5 Å². The predicted molar refractivity (Wildman–Crippen MR) is 185 cm³/mol. The number of benzene rings is 3. The largest absolute Gasteiger partial charge is 0.378 e. The number of carbonyl (C=O) groups excluding carboxylic acids is 2. The van der Waals surface area contributed by atoms with Gasteiger partial charge in [0.15, 0.2) is 5.84 Å². The Labute approximate surface area is 271 Å². The van der Waals surface area contributed by atoms with E-state index in [2.05, 4.69) is 29.0 Å². The molecule has 9 heteroatoms. The van der Waals surface area contributed by atoms with Gasteiger partial charge in [-0.25, -0.2) is 4.99 Å². The van der Waals surface area contributed by atoms with E-state index < -0.39 is 0 Å². The van der Waals surface area contributed by atoms with Gasteiger partial charge in [0, 0.05) is 73.2 Å². The highest BCUT2D eigenvalue weighted by atomic mass is 16.5. The van der Waals surface area contributed by atoms with Crippen LogP contribution in [0.2, 0.25) is 0 Å². The van der Waals surface area contributed by atoms with E-state index in [9.17, 15) is 9.59 Å². The highest BCUT2D eigenvalue weighted by Gasteiger charge is 2.22. The first-order valence-corrected chi connectivity index (χ1v) is 16.0. The SMILES string of the molecule is C=C1C(Nc2ccc(C(=O)N3CCOCC3)cc2)=NC(c2cccc(NC(=O)c3ccc(N4CCCC(C)C4)cc3)c2C)=CN1C. The minimum atomic E-state index is -0.150. The molecule has 1 unspecified atom stereocenters. The normalized spacial score (nSPS) is 18.5. The smallest absolute Gasteiger partial charge is 0.255 e. The molecule has 238 valence electrons. The van der Waals surface area contributed by atoms with E-state index >= 15 is 0 Å². The van der Waals surface area contributed by atoms with Gasteiger partial charge in [0.25, 0.3) is 11.8 Å². The molecule has 3 aliphatic heterocycles. The summed E-state index contributed by atoms with van der Waals surface area (Å²) in [4.78, 5) is 37.2. The Balaban J connectivity index is 1.15. The van der Waals surface area contributed by atoms with Crippen molar-refractivity contribution in [3.05, 3.63) is 107 Å². The first kappa shape index (κ1) is 31.1. The summed E-state index contributed by atoms with van der Waals surface area (Å²) in [5.41, 5.74) is 7.21. The van der Waals surface area contributed by atoms with Crippen LogP contribution in [0.5, 0.6) is 0 Å². The number of ether oxygens (including phenoxy) is 1. The zero-order valence-electron chi connectivity index (χ0n) is 26.9. The van der Waals surface area contributed by atoms with Crippen LogP contribution in [-0.4, -0.2) is 73.9 Å². The summed E-state index contributed by atoms with van der Waals surface area (Å²) in [6.07, 6.45) is 4.41. The maximum Gasteiger partial charge on any atom is 0.255 e. The third-order valence-corrected chi connectivity index (χ3v) is 8.95. The molecule has 46 heavy (non-hydrogen) atoms. The molecule has 9 nitrogen and oxygen atoms in total. The highest BCUT2D eigenvalue weighted by Crippen LogP contribution is 2.31. The summed E-state index contributed by atoms with van der Waals surface area (Å²) >= 11 is 0. The van der Waals surface area contributed by atoms with Gasteiger partial charge in [-0.3, -0.25) is 9.59 Å². The van der Waals surface area contributed by atoms with Crippen molar-refractivity contribution in [3.63, 3.8) is 0 Å². The van der Waals surface area contributed by atoms with Gasteiger partial charge in [0.2, 0.25) is 0 Å². The summed E-state index contributed by atoms with van der Waals surface area (Å²) in [6, 6.07) is 21.1. The van der Waals surface area contributed by atoms with Crippen molar-refractivity contribution >= 4 is 40.4 Å². The maximum absolute atomic E-state index is 13.3. The molecule has 3 aromatic carbocycles. The van der Waals surface area contributed by atoms with Crippen LogP contribution in [0.3, 0.4) is 0 Å². The summed E-state index contributed by atoms with van der Waals surface area (Å²) in [6.45, 7) is 13.0. The number of morpholine rings is 1. The van der Waals surface area contributed by atoms with Crippen molar-refractivity contribution < 1.29 is 14.3 Å². The minimum Gasteiger partial charge on any atom is -0.378 e. The molecule has 0 bridgehead atoms. The molecule has 0 spiro atoms. The fourth-order valence-electron chi connectivity index (χ4n) is 6.14. The van der Waals surface area contributed by atoms with E-state index in [-0.39, 0.29) is 11.8 Å². The second kappa shape index (κ2) is 13.6. The van der Waals surface area contributed by atoms with Crippen molar-refractivity contribution in [2.75, 3.05) is 62.0 Å². The van der Waals surface area contributed by atoms with Crippen LogP contribution in [0.1, 0.15) is 51.6 Å². The first-order chi connectivity index (χ1) is 22.3. The standard InChI is InChI=1S/C37H42N6O3/c1-25-7-6-18-43(23-25)31-16-12-28(13-17-31)36(44)40-33-9-5-8-32(26(33)2)34-24-41(4)27(3)35(39-34)38-30-14-10-29(11-15-30)37(45)42-19-21-46-22-20-42/h5,8-17,24-25H,3,6-7,18-23H2,1-2,4H3,(H,38,39)(H,40,44). The van der Waals surface area contributed by atoms with E-state index in [0.29, 0.717) is 54.9 Å². The first-order valence-electron chi connectivity index (χ1n) is 16.0. The molecule has 0 saturated carbocycles. The molecule has 2 N–H and O–H groups in total. The van der Waals surface area contributed by atoms with E-state index in [1.165, 1.54) is 12.8 Å². The lowest BCUT2D eigenvalue weighted by Crippen LogP contribution is -2.40. The van der Waals surface area contributed by atoms with Gasteiger partial charge in [0.1, 0.15) is 0 Å². The fraction of sp³-hybridized carbons (Fsp3) is 0.324.